The summed E-state index contributed by atoms with van der Waals surface area (Å²) in [5.41, 5.74) is 0. The van der Waals surface area contributed by atoms with Gasteiger partial charge >= 0.3 is 0 Å². The van der Waals surface area contributed by atoms with Gasteiger partial charge in [0.1, 0.15) is 18.0 Å². The van der Waals surface area contributed by atoms with Gasteiger partial charge < -0.3 is 16.0 Å². The minimum Gasteiger partial charge on any atom is -0.370 e. The third-order valence-electron chi connectivity index (χ3n) is 3.57. The van der Waals surface area contributed by atoms with Crippen molar-refractivity contribution in [2.24, 2.45) is 5.92 Å². The molecule has 1 aliphatic heterocycles. The van der Waals surface area contributed by atoms with Gasteiger partial charge in [-0.1, -0.05) is 0 Å². The van der Waals surface area contributed by atoms with Gasteiger partial charge in [0.25, 0.3) is 0 Å². The highest BCUT2D eigenvalue weighted by Gasteiger charge is 2.21. The van der Waals surface area contributed by atoms with Crippen LogP contribution in [-0.2, 0) is 0 Å². The Balaban J connectivity index is 1.51. The zero-order valence-electron chi connectivity index (χ0n) is 10.7. The van der Waals surface area contributed by atoms with Crippen LogP contribution in [0.2, 0.25) is 0 Å². The van der Waals surface area contributed by atoms with Gasteiger partial charge in [-0.05, 0) is 44.7 Å². The predicted molar refractivity (Wildman–Crippen MR) is 72.8 cm³/mol. The number of nitrogens with zero attached hydrogens (tertiary/aromatic N) is 2. The van der Waals surface area contributed by atoms with Crippen molar-refractivity contribution in [1.82, 2.24) is 15.3 Å². The summed E-state index contributed by atoms with van der Waals surface area (Å²) in [5, 5.41) is 10.2. The van der Waals surface area contributed by atoms with Crippen molar-refractivity contribution in [2.45, 2.75) is 31.7 Å². The zero-order valence-corrected chi connectivity index (χ0v) is 10.7. The van der Waals surface area contributed by atoms with Gasteiger partial charge in [0.15, 0.2) is 0 Å². The molecule has 0 spiro atoms. The largest absolute Gasteiger partial charge is 0.370 e. The molecule has 3 N–H and O–H groups in total. The summed E-state index contributed by atoms with van der Waals surface area (Å²) in [6.07, 6.45) is 6.75. The molecule has 1 aliphatic carbocycles. The van der Waals surface area contributed by atoms with E-state index in [1.165, 1.54) is 32.2 Å². The number of aromatic nitrogens is 2. The molecule has 0 aromatic carbocycles. The van der Waals surface area contributed by atoms with E-state index in [0.29, 0.717) is 12.0 Å². The lowest BCUT2D eigenvalue weighted by molar-refractivity contribution is 0.392. The van der Waals surface area contributed by atoms with Gasteiger partial charge in [0.2, 0.25) is 0 Å². The van der Waals surface area contributed by atoms with E-state index in [1.54, 1.807) is 6.33 Å². The first-order valence-electron chi connectivity index (χ1n) is 6.93. The highest BCUT2D eigenvalue weighted by Crippen LogP contribution is 2.24. The molecule has 0 amide bonds. The second kappa shape index (κ2) is 5.52. The second-order valence-electron chi connectivity index (χ2n) is 5.30. The highest BCUT2D eigenvalue weighted by atomic mass is 15.1. The quantitative estimate of drug-likeness (QED) is 0.735. The second-order valence-corrected chi connectivity index (χ2v) is 5.30. The molecule has 2 fully saturated rings. The Bertz CT molecular complexity index is 385. The number of hydrogen-bond donors (Lipinski definition) is 3. The molecule has 2 aliphatic rings. The molecular weight excluding hydrogens is 226 g/mol. The number of piperidine rings is 1. The molecular formula is C13H21N5. The first-order chi connectivity index (χ1) is 8.90. The summed E-state index contributed by atoms with van der Waals surface area (Å²) in [6.45, 7) is 3.28. The average Bonchev–Trinajstić information content (AvgIpc) is 3.22. The highest BCUT2D eigenvalue weighted by molar-refractivity contribution is 5.47. The van der Waals surface area contributed by atoms with Crippen LogP contribution in [0.3, 0.4) is 0 Å². The fourth-order valence-corrected chi connectivity index (χ4v) is 2.32. The summed E-state index contributed by atoms with van der Waals surface area (Å²) >= 11 is 0. The topological polar surface area (TPSA) is 61.9 Å². The van der Waals surface area contributed by atoms with Gasteiger partial charge in [0.05, 0.1) is 0 Å². The molecule has 0 radical (unpaired) electrons. The lowest BCUT2D eigenvalue weighted by atomic mass is 10.00. The Kier molecular flexibility index (Phi) is 3.59. The van der Waals surface area contributed by atoms with Crippen LogP contribution in [0, 0.1) is 5.92 Å². The molecule has 1 unspecified atom stereocenters. The van der Waals surface area contributed by atoms with Crippen molar-refractivity contribution in [3.05, 3.63) is 12.4 Å². The number of rotatable bonds is 5. The molecule has 5 nitrogen and oxygen atoms in total. The monoisotopic (exact) mass is 247 g/mol. The van der Waals surface area contributed by atoms with Crippen LogP contribution in [0.5, 0.6) is 0 Å². The Morgan fingerprint density at radius 3 is 2.89 bits per heavy atom. The zero-order chi connectivity index (χ0) is 12.2. The molecule has 2 heterocycles. The lowest BCUT2D eigenvalue weighted by Gasteiger charge is -2.23. The molecule has 1 aromatic heterocycles. The standard InChI is InChI=1S/C13H21N5/c1-2-10(7-14-5-1)8-15-12-6-13(17-9-16-12)18-11-3-4-11/h6,9-11,14H,1-5,7-8H2,(H2,15,16,17,18). The van der Waals surface area contributed by atoms with Crippen LogP contribution in [-0.4, -0.2) is 35.6 Å². The molecule has 1 aromatic rings. The smallest absolute Gasteiger partial charge is 0.131 e. The summed E-state index contributed by atoms with van der Waals surface area (Å²) in [6, 6.07) is 2.64. The van der Waals surface area contributed by atoms with Gasteiger partial charge in [-0.3, -0.25) is 0 Å². The van der Waals surface area contributed by atoms with Gasteiger partial charge in [-0.15, -0.1) is 0 Å². The first-order valence-corrected chi connectivity index (χ1v) is 6.93. The van der Waals surface area contributed by atoms with E-state index in [1.807, 2.05) is 6.07 Å². The van der Waals surface area contributed by atoms with Crippen LogP contribution >= 0.6 is 0 Å². The molecule has 1 saturated carbocycles. The summed E-state index contributed by atoms with van der Waals surface area (Å²) in [7, 11) is 0. The van der Waals surface area contributed by atoms with Gasteiger partial charge in [0, 0.05) is 18.7 Å². The van der Waals surface area contributed by atoms with E-state index in [2.05, 4.69) is 25.9 Å². The van der Waals surface area contributed by atoms with Crippen LogP contribution in [0.1, 0.15) is 25.7 Å². The van der Waals surface area contributed by atoms with E-state index in [9.17, 15) is 0 Å². The van der Waals surface area contributed by atoms with Crippen LogP contribution in [0.15, 0.2) is 12.4 Å². The van der Waals surface area contributed by atoms with Crippen LogP contribution in [0.4, 0.5) is 11.6 Å². The molecule has 0 bridgehead atoms. The maximum Gasteiger partial charge on any atom is 0.131 e. The van der Waals surface area contributed by atoms with E-state index >= 15 is 0 Å². The van der Waals surface area contributed by atoms with E-state index in [-0.39, 0.29) is 0 Å². The number of nitrogens with one attached hydrogen (secondary N) is 3. The lowest BCUT2D eigenvalue weighted by Crippen LogP contribution is -2.33. The third-order valence-corrected chi connectivity index (χ3v) is 3.57. The first kappa shape index (κ1) is 11.7. The van der Waals surface area contributed by atoms with Crippen molar-refractivity contribution in [2.75, 3.05) is 30.3 Å². The van der Waals surface area contributed by atoms with Crippen molar-refractivity contribution in [1.29, 1.82) is 0 Å². The minimum atomic E-state index is 0.635. The molecule has 1 atom stereocenters. The fraction of sp³-hybridized carbons (Fsp3) is 0.692. The third kappa shape index (κ3) is 3.32. The maximum absolute atomic E-state index is 4.27. The summed E-state index contributed by atoms with van der Waals surface area (Å²) in [5.74, 6) is 2.59. The van der Waals surface area contributed by atoms with E-state index < -0.39 is 0 Å². The fourth-order valence-electron chi connectivity index (χ4n) is 2.32. The molecule has 3 rings (SSSR count). The van der Waals surface area contributed by atoms with Gasteiger partial charge in [-0.25, -0.2) is 9.97 Å². The van der Waals surface area contributed by atoms with Crippen LogP contribution in [0.25, 0.3) is 0 Å². The molecule has 98 valence electrons. The Hall–Kier alpha value is -1.36. The van der Waals surface area contributed by atoms with Crippen LogP contribution < -0.4 is 16.0 Å². The Labute approximate surface area is 108 Å². The number of anilines is 2. The molecule has 5 heteroatoms. The predicted octanol–water partition coefficient (Wildman–Crippen LogP) is 1.46. The van der Waals surface area contributed by atoms with Crippen molar-refractivity contribution in [3.63, 3.8) is 0 Å². The SMILES string of the molecule is c1nc(NCC2CCCNC2)cc(NC2CC2)n1. The molecule has 1 saturated heterocycles. The van der Waals surface area contributed by atoms with Gasteiger partial charge in [-0.2, -0.15) is 0 Å². The average molecular weight is 247 g/mol. The minimum absolute atomic E-state index is 0.635. The van der Waals surface area contributed by atoms with E-state index in [0.717, 1.165) is 24.7 Å². The van der Waals surface area contributed by atoms with Crippen molar-refractivity contribution in [3.8, 4) is 0 Å². The number of hydrogen-bond acceptors (Lipinski definition) is 5. The normalized spacial score (nSPS) is 23.7. The maximum atomic E-state index is 4.27. The summed E-state index contributed by atoms with van der Waals surface area (Å²) < 4.78 is 0. The van der Waals surface area contributed by atoms with Crippen molar-refractivity contribution < 1.29 is 0 Å². The Morgan fingerprint density at radius 1 is 1.22 bits per heavy atom. The van der Waals surface area contributed by atoms with Crippen molar-refractivity contribution >= 4 is 11.6 Å². The molecule has 18 heavy (non-hydrogen) atoms. The Morgan fingerprint density at radius 2 is 2.11 bits per heavy atom. The summed E-state index contributed by atoms with van der Waals surface area (Å²) in [4.78, 5) is 8.51. The van der Waals surface area contributed by atoms with E-state index in [4.69, 9.17) is 0 Å².